The van der Waals surface area contributed by atoms with Gasteiger partial charge in [0.15, 0.2) is 0 Å². The topological polar surface area (TPSA) is 17.8 Å². The molecule has 0 radical (unpaired) electrons. The Morgan fingerprint density at radius 3 is 1.55 bits per heavy atom. The summed E-state index contributed by atoms with van der Waals surface area (Å²) in [6.45, 7) is 6.90. The van der Waals surface area contributed by atoms with E-state index in [0.717, 1.165) is 28.1 Å². The number of imidazole rings is 1. The molecule has 0 aliphatic heterocycles. The van der Waals surface area contributed by atoms with Gasteiger partial charge in [-0.05, 0) is 107 Å². The quantitative estimate of drug-likeness (QED) is 0.166. The summed E-state index contributed by atoms with van der Waals surface area (Å²) in [5.74, 6) is 0.938. The van der Waals surface area contributed by atoms with Gasteiger partial charge in [-0.1, -0.05) is 166 Å². The fourth-order valence-electron chi connectivity index (χ4n) is 8.16. The summed E-state index contributed by atoms with van der Waals surface area (Å²) >= 11 is 0. The van der Waals surface area contributed by atoms with Gasteiger partial charge < -0.3 is 0 Å². The zero-order chi connectivity index (χ0) is 35.7. The molecule has 0 aliphatic rings. The van der Waals surface area contributed by atoms with Crippen LogP contribution in [0.5, 0.6) is 0 Å². The molecule has 0 spiro atoms. The van der Waals surface area contributed by atoms with E-state index in [2.05, 4.69) is 201 Å². The van der Waals surface area contributed by atoms with E-state index in [1.54, 1.807) is 0 Å². The molecular formula is C51H38N2. The first-order chi connectivity index (χ1) is 25.9. The van der Waals surface area contributed by atoms with E-state index in [1.165, 1.54) is 71.3 Å². The number of hydrogen-bond acceptors (Lipinski definition) is 1. The number of rotatable bonds is 5. The van der Waals surface area contributed by atoms with E-state index in [1.807, 2.05) is 0 Å². The molecule has 252 valence electrons. The first-order valence-electron chi connectivity index (χ1n) is 18.5. The third-order valence-corrected chi connectivity index (χ3v) is 10.9. The zero-order valence-corrected chi connectivity index (χ0v) is 30.1. The highest BCUT2D eigenvalue weighted by Crippen LogP contribution is 2.45. The SMILES string of the molecule is CC(C)(C)c1cc2ccc3c(-c4ccc(-c5ccccc5)cc4)cc(-c4ccc(-c5nc6ccccc6n5-c5ccccc5)cc4)c4ccc(c1)c2c34. The summed E-state index contributed by atoms with van der Waals surface area (Å²) in [4.78, 5) is 5.14. The van der Waals surface area contributed by atoms with Crippen LogP contribution in [0.25, 0.3) is 93.8 Å². The molecule has 0 amide bonds. The van der Waals surface area contributed by atoms with Gasteiger partial charge in [0.2, 0.25) is 0 Å². The zero-order valence-electron chi connectivity index (χ0n) is 30.1. The minimum absolute atomic E-state index is 0.0596. The van der Waals surface area contributed by atoms with E-state index >= 15 is 0 Å². The maximum Gasteiger partial charge on any atom is 0.145 e. The molecule has 0 atom stereocenters. The van der Waals surface area contributed by atoms with Crippen molar-refractivity contribution in [1.82, 2.24) is 9.55 Å². The molecule has 0 aliphatic carbocycles. The molecule has 10 aromatic rings. The number of nitrogens with zero attached hydrogens (tertiary/aromatic N) is 2. The van der Waals surface area contributed by atoms with E-state index in [4.69, 9.17) is 4.98 Å². The van der Waals surface area contributed by atoms with Crippen molar-refractivity contribution >= 4 is 43.4 Å². The summed E-state index contributed by atoms with van der Waals surface area (Å²) in [6, 6.07) is 64.2. The van der Waals surface area contributed by atoms with Gasteiger partial charge in [-0.15, -0.1) is 0 Å². The average molecular weight is 679 g/mol. The monoisotopic (exact) mass is 678 g/mol. The fourth-order valence-corrected chi connectivity index (χ4v) is 8.16. The number of fused-ring (bicyclic) bond motifs is 1. The fraction of sp³-hybridized carbons (Fsp3) is 0.0784. The molecular weight excluding hydrogens is 641 g/mol. The number of para-hydroxylation sites is 3. The first-order valence-corrected chi connectivity index (χ1v) is 18.5. The Balaban J connectivity index is 1.18. The highest BCUT2D eigenvalue weighted by Gasteiger charge is 2.21. The van der Waals surface area contributed by atoms with Crippen LogP contribution in [0.3, 0.4) is 0 Å². The van der Waals surface area contributed by atoms with Crippen molar-refractivity contribution in [3.05, 3.63) is 181 Å². The molecule has 0 saturated carbocycles. The van der Waals surface area contributed by atoms with Crippen LogP contribution >= 0.6 is 0 Å². The third-order valence-electron chi connectivity index (χ3n) is 10.9. The van der Waals surface area contributed by atoms with Crippen LogP contribution in [0.4, 0.5) is 0 Å². The summed E-state index contributed by atoms with van der Waals surface area (Å²) in [5, 5.41) is 7.81. The molecule has 1 aromatic heterocycles. The Bertz CT molecular complexity index is 2910. The van der Waals surface area contributed by atoms with Crippen LogP contribution in [-0.4, -0.2) is 9.55 Å². The summed E-state index contributed by atoms with van der Waals surface area (Å²) < 4.78 is 2.27. The first kappa shape index (κ1) is 31.2. The van der Waals surface area contributed by atoms with E-state index in [-0.39, 0.29) is 5.41 Å². The summed E-state index contributed by atoms with van der Waals surface area (Å²) in [6.07, 6.45) is 0. The van der Waals surface area contributed by atoms with Gasteiger partial charge in [0.05, 0.1) is 11.0 Å². The molecule has 2 nitrogen and oxygen atoms in total. The van der Waals surface area contributed by atoms with Crippen molar-refractivity contribution < 1.29 is 0 Å². The molecule has 53 heavy (non-hydrogen) atoms. The maximum atomic E-state index is 5.14. The van der Waals surface area contributed by atoms with Crippen LogP contribution in [-0.2, 0) is 5.41 Å². The standard InChI is InChI=1S/C51H38N2/c1-51(2,3)40-30-38-26-28-42-44(35-20-18-34(19-21-35)33-12-6-4-7-13-33)32-45(43-29-27-39(31-40)48(38)49(42)43)36-22-24-37(25-23-36)50-52-46-16-10-11-17-47(46)53(50)41-14-8-5-9-15-41/h4-32H,1-3H3. The highest BCUT2D eigenvalue weighted by molar-refractivity contribution is 6.28. The van der Waals surface area contributed by atoms with E-state index in [9.17, 15) is 0 Å². The molecule has 0 unspecified atom stereocenters. The summed E-state index contributed by atoms with van der Waals surface area (Å²) in [7, 11) is 0. The van der Waals surface area contributed by atoms with Gasteiger partial charge in [0.25, 0.3) is 0 Å². The van der Waals surface area contributed by atoms with Gasteiger partial charge in [0, 0.05) is 11.3 Å². The van der Waals surface area contributed by atoms with Gasteiger partial charge in [-0.3, -0.25) is 4.57 Å². The molecule has 0 saturated heterocycles. The van der Waals surface area contributed by atoms with Crippen molar-refractivity contribution in [3.8, 4) is 50.5 Å². The highest BCUT2D eigenvalue weighted by atomic mass is 15.1. The minimum Gasteiger partial charge on any atom is -0.292 e. The molecule has 0 bridgehead atoms. The van der Waals surface area contributed by atoms with Crippen molar-refractivity contribution in [2.45, 2.75) is 26.2 Å². The second-order valence-corrected chi connectivity index (χ2v) is 15.2. The van der Waals surface area contributed by atoms with Crippen LogP contribution in [0.15, 0.2) is 176 Å². The normalized spacial score (nSPS) is 12.1. The lowest BCUT2D eigenvalue weighted by atomic mass is 9.81. The van der Waals surface area contributed by atoms with Crippen molar-refractivity contribution in [2.75, 3.05) is 0 Å². The number of benzene rings is 9. The minimum atomic E-state index is 0.0596. The van der Waals surface area contributed by atoms with Crippen molar-refractivity contribution in [3.63, 3.8) is 0 Å². The molecule has 0 N–H and O–H groups in total. The van der Waals surface area contributed by atoms with Crippen molar-refractivity contribution in [1.29, 1.82) is 0 Å². The van der Waals surface area contributed by atoms with Crippen molar-refractivity contribution in [2.24, 2.45) is 0 Å². The molecule has 10 rings (SSSR count). The Kier molecular flexibility index (Phi) is 7.10. The van der Waals surface area contributed by atoms with Crippen LogP contribution in [0, 0.1) is 0 Å². The van der Waals surface area contributed by atoms with Crippen LogP contribution in [0.2, 0.25) is 0 Å². The maximum absolute atomic E-state index is 5.14. The largest absolute Gasteiger partial charge is 0.292 e. The second kappa shape index (κ2) is 12.0. The molecule has 2 heteroatoms. The smallest absolute Gasteiger partial charge is 0.145 e. The summed E-state index contributed by atoms with van der Waals surface area (Å²) in [5.41, 5.74) is 13.0. The third kappa shape index (κ3) is 5.21. The Hall–Kier alpha value is -6.51. The number of aromatic nitrogens is 2. The number of hydrogen-bond donors (Lipinski definition) is 0. The van der Waals surface area contributed by atoms with Gasteiger partial charge in [-0.25, -0.2) is 4.98 Å². The van der Waals surface area contributed by atoms with Gasteiger partial charge in [0.1, 0.15) is 5.82 Å². The molecule has 9 aromatic carbocycles. The van der Waals surface area contributed by atoms with Gasteiger partial charge >= 0.3 is 0 Å². The average Bonchev–Trinajstić information content (AvgIpc) is 3.60. The lowest BCUT2D eigenvalue weighted by Gasteiger charge is -2.23. The predicted octanol–water partition coefficient (Wildman–Crippen LogP) is 13.9. The molecule has 1 heterocycles. The second-order valence-electron chi connectivity index (χ2n) is 15.2. The van der Waals surface area contributed by atoms with Gasteiger partial charge in [-0.2, -0.15) is 0 Å². The predicted molar refractivity (Wildman–Crippen MR) is 225 cm³/mol. The van der Waals surface area contributed by atoms with E-state index < -0.39 is 0 Å². The van der Waals surface area contributed by atoms with E-state index in [0.29, 0.717) is 0 Å². The Morgan fingerprint density at radius 1 is 0.434 bits per heavy atom. The van der Waals surface area contributed by atoms with Crippen LogP contribution in [0.1, 0.15) is 26.3 Å². The lowest BCUT2D eigenvalue weighted by Crippen LogP contribution is -2.10. The lowest BCUT2D eigenvalue weighted by molar-refractivity contribution is 0.591. The Morgan fingerprint density at radius 2 is 0.943 bits per heavy atom. The van der Waals surface area contributed by atoms with Crippen LogP contribution < -0.4 is 0 Å². The molecule has 0 fully saturated rings. The Labute approximate surface area is 310 Å².